The van der Waals surface area contributed by atoms with Crippen LogP contribution in [0.4, 0.5) is 0 Å². The van der Waals surface area contributed by atoms with E-state index in [9.17, 15) is 14.9 Å². The number of nitriles is 1. The molecule has 0 atom stereocenters. The summed E-state index contributed by atoms with van der Waals surface area (Å²) in [6.07, 6.45) is 2.80. The van der Waals surface area contributed by atoms with Gasteiger partial charge in [0.2, 0.25) is 5.88 Å². The third-order valence-electron chi connectivity index (χ3n) is 4.98. The Hall–Kier alpha value is -4.70. The Labute approximate surface area is 190 Å². The van der Waals surface area contributed by atoms with Gasteiger partial charge in [-0.25, -0.2) is 0 Å². The van der Waals surface area contributed by atoms with Crippen LogP contribution in [0.25, 0.3) is 11.7 Å². The molecule has 7 nitrogen and oxygen atoms in total. The predicted octanol–water partition coefficient (Wildman–Crippen LogP) is 4.02. The van der Waals surface area contributed by atoms with E-state index in [2.05, 4.69) is 10.3 Å². The lowest BCUT2D eigenvalue weighted by molar-refractivity contribution is -0.117. The zero-order valence-electron chi connectivity index (χ0n) is 17.9. The number of aromatic nitrogens is 2. The van der Waals surface area contributed by atoms with Crippen molar-refractivity contribution in [1.29, 1.82) is 5.26 Å². The molecular formula is C26H20N4O3. The summed E-state index contributed by atoms with van der Waals surface area (Å²) < 4.78 is 7.31. The molecule has 0 fully saturated rings. The first-order valence-electron chi connectivity index (χ1n) is 10.3. The average molecular weight is 436 g/mol. The second-order valence-corrected chi connectivity index (χ2v) is 7.27. The molecule has 7 heteroatoms. The molecule has 0 unspecified atom stereocenters. The van der Waals surface area contributed by atoms with Crippen LogP contribution in [-0.4, -0.2) is 15.3 Å². The number of hydrogen-bond acceptors (Lipinski definition) is 5. The maximum Gasteiger partial charge on any atom is 0.269 e. The first kappa shape index (κ1) is 21.5. The molecular weight excluding hydrogens is 416 g/mol. The van der Waals surface area contributed by atoms with Gasteiger partial charge >= 0.3 is 0 Å². The van der Waals surface area contributed by atoms with Crippen molar-refractivity contribution in [2.75, 3.05) is 0 Å². The van der Waals surface area contributed by atoms with Crippen molar-refractivity contribution in [2.24, 2.45) is 0 Å². The summed E-state index contributed by atoms with van der Waals surface area (Å²) in [6.45, 7) is 2.12. The van der Waals surface area contributed by atoms with Crippen molar-refractivity contribution in [2.45, 2.75) is 13.5 Å². The highest BCUT2D eigenvalue weighted by molar-refractivity contribution is 6.01. The Morgan fingerprint density at radius 1 is 1.09 bits per heavy atom. The van der Waals surface area contributed by atoms with Gasteiger partial charge in [0.05, 0.1) is 0 Å². The molecule has 1 amide bonds. The summed E-state index contributed by atoms with van der Waals surface area (Å²) in [6, 6.07) is 23.7. The number of fused-ring (bicyclic) bond motifs is 1. The summed E-state index contributed by atoms with van der Waals surface area (Å²) in [4.78, 5) is 30.4. The molecule has 4 rings (SSSR count). The van der Waals surface area contributed by atoms with E-state index in [4.69, 9.17) is 4.74 Å². The molecule has 0 saturated carbocycles. The van der Waals surface area contributed by atoms with E-state index < -0.39 is 11.5 Å². The molecule has 1 N–H and O–H groups in total. The molecule has 162 valence electrons. The fraction of sp³-hybridized carbons (Fsp3) is 0.0769. The van der Waals surface area contributed by atoms with Crippen LogP contribution in [0.3, 0.4) is 0 Å². The Bertz CT molecular complexity index is 1450. The first-order valence-corrected chi connectivity index (χ1v) is 10.3. The Morgan fingerprint density at radius 3 is 2.58 bits per heavy atom. The van der Waals surface area contributed by atoms with E-state index in [0.717, 1.165) is 11.1 Å². The number of ether oxygens (including phenoxy) is 1. The highest BCUT2D eigenvalue weighted by Crippen LogP contribution is 2.26. The number of amides is 1. The number of carbonyl (C=O) groups excluding carboxylic acids is 1. The summed E-state index contributed by atoms with van der Waals surface area (Å²) in [5, 5.41) is 12.3. The number of hydrogen-bond donors (Lipinski definition) is 1. The topological polar surface area (TPSA) is 96.5 Å². The van der Waals surface area contributed by atoms with Crippen molar-refractivity contribution >= 4 is 17.6 Å². The molecule has 0 bridgehead atoms. The molecule has 0 saturated heterocycles. The van der Waals surface area contributed by atoms with Gasteiger partial charge in [-0.15, -0.1) is 0 Å². The van der Waals surface area contributed by atoms with Gasteiger partial charge in [-0.2, -0.15) is 10.2 Å². The fourth-order valence-electron chi connectivity index (χ4n) is 3.23. The fourth-order valence-corrected chi connectivity index (χ4v) is 3.23. The van der Waals surface area contributed by atoms with Gasteiger partial charge in [0, 0.05) is 12.7 Å². The lowest BCUT2D eigenvalue weighted by Gasteiger charge is -2.12. The second kappa shape index (κ2) is 9.62. The molecule has 0 radical (unpaired) electrons. The minimum absolute atomic E-state index is 0.00774. The number of aryl methyl sites for hydroxylation is 1. The Balaban J connectivity index is 1.75. The number of nitrogens with one attached hydrogen (secondary N) is 1. The minimum Gasteiger partial charge on any atom is -0.438 e. The molecule has 4 aromatic rings. The van der Waals surface area contributed by atoms with Crippen molar-refractivity contribution < 1.29 is 9.53 Å². The zero-order valence-corrected chi connectivity index (χ0v) is 17.9. The van der Waals surface area contributed by atoms with Gasteiger partial charge in [-0.1, -0.05) is 54.6 Å². The van der Waals surface area contributed by atoms with Crippen LogP contribution in [0.1, 0.15) is 16.7 Å². The average Bonchev–Trinajstić information content (AvgIpc) is 2.84. The monoisotopic (exact) mass is 436 g/mol. The summed E-state index contributed by atoms with van der Waals surface area (Å²) in [5.74, 6) is -0.0590. The standard InChI is InChI=1S/C26H20N4O3/c1-18-9-5-6-12-22(18)33-25-21(26(32)30-14-8-7-13-23(30)29-25)15-20(16-27)24(31)28-17-19-10-3-2-4-11-19/h2-15H,17H2,1H3,(H,28,31)/b20-15+. The van der Waals surface area contributed by atoms with Crippen LogP contribution in [0.5, 0.6) is 11.6 Å². The van der Waals surface area contributed by atoms with E-state index >= 15 is 0 Å². The van der Waals surface area contributed by atoms with Crippen LogP contribution in [0.15, 0.2) is 89.4 Å². The van der Waals surface area contributed by atoms with Gasteiger partial charge < -0.3 is 10.1 Å². The molecule has 0 aliphatic carbocycles. The lowest BCUT2D eigenvalue weighted by atomic mass is 10.1. The molecule has 0 spiro atoms. The minimum atomic E-state index is -0.597. The smallest absolute Gasteiger partial charge is 0.269 e. The summed E-state index contributed by atoms with van der Waals surface area (Å²) >= 11 is 0. The number of rotatable bonds is 6. The molecule has 0 aliphatic rings. The van der Waals surface area contributed by atoms with E-state index in [1.54, 1.807) is 30.5 Å². The number of pyridine rings is 1. The molecule has 2 aromatic heterocycles. The highest BCUT2D eigenvalue weighted by atomic mass is 16.5. The van der Waals surface area contributed by atoms with E-state index in [1.807, 2.05) is 61.5 Å². The van der Waals surface area contributed by atoms with Crippen LogP contribution in [0.2, 0.25) is 0 Å². The molecule has 0 aliphatic heterocycles. The Morgan fingerprint density at radius 2 is 1.82 bits per heavy atom. The molecule has 2 aromatic carbocycles. The second-order valence-electron chi connectivity index (χ2n) is 7.27. The SMILES string of the molecule is Cc1ccccc1Oc1nc2ccccn2c(=O)c1/C=C(\C#N)C(=O)NCc1ccccc1. The molecule has 2 heterocycles. The van der Waals surface area contributed by atoms with Gasteiger partial charge in [0.25, 0.3) is 11.5 Å². The number of para-hydroxylation sites is 1. The third-order valence-corrected chi connectivity index (χ3v) is 4.98. The predicted molar refractivity (Wildman–Crippen MR) is 125 cm³/mol. The highest BCUT2D eigenvalue weighted by Gasteiger charge is 2.17. The van der Waals surface area contributed by atoms with Crippen LogP contribution >= 0.6 is 0 Å². The Kier molecular flexibility index (Phi) is 6.28. The number of nitrogens with zero attached hydrogens (tertiary/aromatic N) is 3. The lowest BCUT2D eigenvalue weighted by Crippen LogP contribution is -2.25. The number of benzene rings is 2. The normalized spacial score (nSPS) is 11.1. The zero-order chi connectivity index (χ0) is 23.2. The van der Waals surface area contributed by atoms with Gasteiger partial charge in [-0.05, 0) is 42.3 Å². The summed E-state index contributed by atoms with van der Waals surface area (Å²) in [7, 11) is 0. The van der Waals surface area contributed by atoms with Gasteiger partial charge in [-0.3, -0.25) is 14.0 Å². The van der Waals surface area contributed by atoms with Crippen molar-refractivity contribution in [3.8, 4) is 17.7 Å². The van der Waals surface area contributed by atoms with Gasteiger partial charge in [0.15, 0.2) is 0 Å². The van der Waals surface area contributed by atoms with E-state index in [-0.39, 0.29) is 23.6 Å². The maximum absolute atomic E-state index is 13.2. The maximum atomic E-state index is 13.2. The van der Waals surface area contributed by atoms with Crippen molar-refractivity contribution in [3.05, 3.63) is 112 Å². The van der Waals surface area contributed by atoms with Crippen molar-refractivity contribution in [1.82, 2.24) is 14.7 Å². The van der Waals surface area contributed by atoms with Crippen LogP contribution in [0, 0.1) is 18.3 Å². The van der Waals surface area contributed by atoms with Gasteiger partial charge in [0.1, 0.15) is 28.6 Å². The molecule has 33 heavy (non-hydrogen) atoms. The van der Waals surface area contributed by atoms with E-state index in [0.29, 0.717) is 11.4 Å². The van der Waals surface area contributed by atoms with E-state index in [1.165, 1.54) is 10.5 Å². The number of carbonyl (C=O) groups is 1. The largest absolute Gasteiger partial charge is 0.438 e. The van der Waals surface area contributed by atoms with Crippen LogP contribution < -0.4 is 15.6 Å². The van der Waals surface area contributed by atoms with Crippen molar-refractivity contribution in [3.63, 3.8) is 0 Å². The summed E-state index contributed by atoms with van der Waals surface area (Å²) in [5.41, 5.74) is 1.45. The van der Waals surface area contributed by atoms with Crippen LogP contribution in [-0.2, 0) is 11.3 Å². The third kappa shape index (κ3) is 4.81. The first-order chi connectivity index (χ1) is 16.1. The quantitative estimate of drug-likeness (QED) is 0.364.